The van der Waals surface area contributed by atoms with Gasteiger partial charge in [0.2, 0.25) is 0 Å². The highest BCUT2D eigenvalue weighted by Gasteiger charge is 2.16. The molecule has 2 heterocycles. The highest BCUT2D eigenvalue weighted by atomic mass is 19.3. The molecule has 16 heavy (non-hydrogen) atoms. The molecule has 0 saturated heterocycles. The van der Waals surface area contributed by atoms with E-state index in [1.54, 1.807) is 12.1 Å². The fourth-order valence-electron chi connectivity index (χ4n) is 1.27. The predicted octanol–water partition coefficient (Wildman–Crippen LogP) is 1.16. The zero-order chi connectivity index (χ0) is 11.5. The first kappa shape index (κ1) is 10.5. The highest BCUT2D eigenvalue weighted by molar-refractivity contribution is 5.52. The minimum absolute atomic E-state index is 0.0541. The molecule has 2 aromatic heterocycles. The molecule has 0 amide bonds. The number of aromatic nitrogens is 3. The van der Waals surface area contributed by atoms with Crippen LogP contribution in [-0.2, 0) is 6.54 Å². The number of halogens is 2. The molecule has 7 heteroatoms. The molecule has 2 rings (SSSR count). The topological polar surface area (TPSA) is 60.9 Å². The van der Waals surface area contributed by atoms with Crippen molar-refractivity contribution in [2.75, 3.05) is 0 Å². The monoisotopic (exact) mass is 227 g/mol. The molecule has 0 radical (unpaired) electrons. The minimum atomic E-state index is -2.65. The summed E-state index contributed by atoms with van der Waals surface area (Å²) in [6.07, 6.45) is 0.297. The summed E-state index contributed by atoms with van der Waals surface area (Å²) in [4.78, 5) is 14.9. The van der Waals surface area contributed by atoms with Gasteiger partial charge in [0.1, 0.15) is 0 Å². The lowest BCUT2D eigenvalue weighted by atomic mass is 10.3. The largest absolute Gasteiger partial charge is 0.442 e. The molecule has 0 aliphatic heterocycles. The van der Waals surface area contributed by atoms with E-state index in [4.69, 9.17) is 0 Å². The van der Waals surface area contributed by atoms with Gasteiger partial charge in [-0.25, -0.2) is 13.6 Å². The average molecular weight is 227 g/mol. The van der Waals surface area contributed by atoms with Crippen LogP contribution in [-0.4, -0.2) is 21.1 Å². The van der Waals surface area contributed by atoms with Crippen molar-refractivity contribution >= 4 is 0 Å². The molecule has 84 valence electrons. The molecule has 0 bridgehead atoms. The first-order chi connectivity index (χ1) is 7.68. The van der Waals surface area contributed by atoms with Crippen LogP contribution in [0.2, 0.25) is 0 Å². The Kier molecular flexibility index (Phi) is 2.76. The van der Waals surface area contributed by atoms with Gasteiger partial charge in [-0.05, 0) is 12.1 Å². The highest BCUT2D eigenvalue weighted by Crippen LogP contribution is 2.14. The predicted molar refractivity (Wildman–Crippen MR) is 50.0 cm³/mol. The summed E-state index contributed by atoms with van der Waals surface area (Å²) in [5.41, 5.74) is 0.453. The van der Waals surface area contributed by atoms with Crippen molar-refractivity contribution in [2.45, 2.75) is 13.0 Å². The zero-order valence-electron chi connectivity index (χ0n) is 8.01. The second kappa shape index (κ2) is 4.21. The van der Waals surface area contributed by atoms with Crippen molar-refractivity contribution in [2.24, 2.45) is 0 Å². The normalized spacial score (nSPS) is 10.9. The molecule has 0 N–H and O–H groups in total. The zero-order valence-corrected chi connectivity index (χ0v) is 8.01. The molecule has 0 aliphatic carbocycles. The molecule has 0 aromatic carbocycles. The summed E-state index contributed by atoms with van der Waals surface area (Å²) in [5.74, 6) is -0.849. The second-order valence-corrected chi connectivity index (χ2v) is 3.02. The maximum atomic E-state index is 12.2. The van der Waals surface area contributed by atoms with E-state index in [9.17, 15) is 13.6 Å². The average Bonchev–Trinajstić information content (AvgIpc) is 2.61. The lowest BCUT2D eigenvalue weighted by Gasteiger charge is -2.02. The van der Waals surface area contributed by atoms with Crippen LogP contribution in [0.1, 0.15) is 0 Å². The number of rotatable bonds is 3. The van der Waals surface area contributed by atoms with Crippen molar-refractivity contribution in [1.82, 2.24) is 14.7 Å². The third-order valence-electron chi connectivity index (χ3n) is 1.93. The summed E-state index contributed by atoms with van der Waals surface area (Å²) in [6.45, 7) is -0.743. The van der Waals surface area contributed by atoms with Gasteiger partial charge in [-0.3, -0.25) is 14.1 Å². The van der Waals surface area contributed by atoms with Gasteiger partial charge < -0.3 is 0 Å². The van der Waals surface area contributed by atoms with Gasteiger partial charge in [-0.1, -0.05) is 5.16 Å². The number of alkyl halides is 2. The van der Waals surface area contributed by atoms with Crippen molar-refractivity contribution in [1.29, 1.82) is 0 Å². The van der Waals surface area contributed by atoms with Crippen LogP contribution in [0, 0.1) is 0 Å². The van der Waals surface area contributed by atoms with Gasteiger partial charge in [0, 0.05) is 18.0 Å². The second-order valence-electron chi connectivity index (χ2n) is 3.02. The number of hydrogen-bond acceptors (Lipinski definition) is 4. The quantitative estimate of drug-likeness (QED) is 0.789. The van der Waals surface area contributed by atoms with Crippen molar-refractivity contribution in [3.8, 4) is 11.4 Å². The Morgan fingerprint density at radius 1 is 1.50 bits per heavy atom. The summed E-state index contributed by atoms with van der Waals surface area (Å²) < 4.78 is 29.6. The molecule has 2 aromatic rings. The van der Waals surface area contributed by atoms with Crippen LogP contribution in [0.25, 0.3) is 11.4 Å². The van der Waals surface area contributed by atoms with Gasteiger partial charge in [0.25, 0.3) is 6.43 Å². The first-order valence-electron chi connectivity index (χ1n) is 4.43. The van der Waals surface area contributed by atoms with E-state index in [0.717, 1.165) is 4.57 Å². The van der Waals surface area contributed by atoms with E-state index in [0.29, 0.717) is 5.56 Å². The minimum Gasteiger partial charge on any atom is -0.295 e. The summed E-state index contributed by atoms with van der Waals surface area (Å²) in [6, 6.07) is 3.22. The molecular formula is C9H7F2N3O2. The molecule has 5 nitrogen and oxygen atoms in total. The number of nitrogens with zero attached hydrogens (tertiary/aromatic N) is 3. The van der Waals surface area contributed by atoms with Crippen LogP contribution in [0.4, 0.5) is 8.78 Å². The first-order valence-corrected chi connectivity index (χ1v) is 4.43. The molecule has 0 aliphatic rings. The molecule has 0 unspecified atom stereocenters. The number of hydrogen-bond donors (Lipinski definition) is 0. The Morgan fingerprint density at radius 3 is 2.94 bits per heavy atom. The third-order valence-corrected chi connectivity index (χ3v) is 1.93. The number of pyridine rings is 1. The Labute approximate surface area is 88.3 Å². The fraction of sp³-hybridized carbons (Fsp3) is 0.222. The van der Waals surface area contributed by atoms with Crippen LogP contribution in [0.3, 0.4) is 0 Å². The molecule has 0 atom stereocenters. The smallest absolute Gasteiger partial charge is 0.295 e. The van der Waals surface area contributed by atoms with Crippen molar-refractivity contribution < 1.29 is 13.3 Å². The molecule has 0 saturated carbocycles. The summed E-state index contributed by atoms with van der Waals surface area (Å²) >= 11 is 0. The molecular weight excluding hydrogens is 220 g/mol. The van der Waals surface area contributed by atoms with E-state index >= 15 is 0 Å². The maximum Gasteiger partial charge on any atom is 0.442 e. The summed E-state index contributed by atoms with van der Waals surface area (Å²) in [7, 11) is 0. The lowest BCUT2D eigenvalue weighted by Crippen LogP contribution is -2.19. The van der Waals surface area contributed by atoms with Crippen molar-refractivity contribution in [3.63, 3.8) is 0 Å². The Hall–Kier alpha value is -2.05. The van der Waals surface area contributed by atoms with E-state index in [2.05, 4.69) is 14.7 Å². The van der Waals surface area contributed by atoms with Crippen LogP contribution >= 0.6 is 0 Å². The molecule has 0 fully saturated rings. The maximum absolute atomic E-state index is 12.2. The third kappa shape index (κ3) is 1.97. The standard InChI is InChI=1S/C9H7F2N3O2/c10-7(11)5-14-8(13-16-9(14)15)6-2-1-3-12-4-6/h1-4,7H,5H2. The van der Waals surface area contributed by atoms with E-state index < -0.39 is 18.7 Å². The molecule has 0 spiro atoms. The Morgan fingerprint density at radius 2 is 2.31 bits per heavy atom. The van der Waals surface area contributed by atoms with Gasteiger partial charge in [-0.2, -0.15) is 0 Å². The van der Waals surface area contributed by atoms with E-state index in [-0.39, 0.29) is 5.82 Å². The lowest BCUT2D eigenvalue weighted by molar-refractivity contribution is 0.124. The van der Waals surface area contributed by atoms with Crippen LogP contribution in [0.15, 0.2) is 33.8 Å². The summed E-state index contributed by atoms with van der Waals surface area (Å²) in [5, 5.41) is 3.44. The Balaban J connectivity index is 2.46. The van der Waals surface area contributed by atoms with Crippen LogP contribution < -0.4 is 5.76 Å². The fourth-order valence-corrected chi connectivity index (χ4v) is 1.27. The van der Waals surface area contributed by atoms with Crippen LogP contribution in [0.5, 0.6) is 0 Å². The van der Waals surface area contributed by atoms with Gasteiger partial charge in [-0.15, -0.1) is 0 Å². The van der Waals surface area contributed by atoms with E-state index in [1.807, 2.05) is 0 Å². The van der Waals surface area contributed by atoms with E-state index in [1.165, 1.54) is 12.4 Å². The SMILES string of the molecule is O=c1onc(-c2cccnc2)n1CC(F)F. The Bertz CT molecular complexity index is 521. The van der Waals surface area contributed by atoms with Crippen molar-refractivity contribution in [3.05, 3.63) is 35.1 Å². The van der Waals surface area contributed by atoms with Gasteiger partial charge in [0.15, 0.2) is 5.82 Å². The van der Waals surface area contributed by atoms with Gasteiger partial charge in [0.05, 0.1) is 6.54 Å². The van der Waals surface area contributed by atoms with Gasteiger partial charge >= 0.3 is 5.76 Å².